The van der Waals surface area contributed by atoms with Gasteiger partial charge in [-0.1, -0.05) is 6.92 Å². The maximum Gasteiger partial charge on any atom is 0.279 e. The van der Waals surface area contributed by atoms with Crippen molar-refractivity contribution in [3.8, 4) is 11.8 Å². The van der Waals surface area contributed by atoms with E-state index in [9.17, 15) is 8.42 Å². The normalized spacial score (nSPS) is 25.5. The zero-order valence-corrected chi connectivity index (χ0v) is 15.7. The van der Waals surface area contributed by atoms with Gasteiger partial charge in [-0.25, -0.2) is 0 Å². The molecule has 2 heterocycles. The second-order valence-corrected chi connectivity index (χ2v) is 8.67. The molecule has 0 saturated carbocycles. The molecule has 0 unspecified atom stereocenters. The fourth-order valence-electron chi connectivity index (χ4n) is 3.24. The van der Waals surface area contributed by atoms with Gasteiger partial charge in [-0.2, -0.15) is 22.7 Å². The van der Waals surface area contributed by atoms with E-state index in [1.54, 1.807) is 24.3 Å². The van der Waals surface area contributed by atoms with Gasteiger partial charge in [0.15, 0.2) is 0 Å². The van der Waals surface area contributed by atoms with Gasteiger partial charge in [0.2, 0.25) is 0 Å². The number of nitriles is 1. The van der Waals surface area contributed by atoms with Crippen LogP contribution < -0.4 is 9.46 Å². The first-order valence-electron chi connectivity index (χ1n) is 9.00. The quantitative estimate of drug-likeness (QED) is 0.840. The topological polar surface area (TPSA) is 91.7 Å². The summed E-state index contributed by atoms with van der Waals surface area (Å²) >= 11 is 0. The lowest BCUT2D eigenvalue weighted by Gasteiger charge is -2.35. The number of nitrogens with one attached hydrogen (secondary N) is 1. The van der Waals surface area contributed by atoms with Crippen molar-refractivity contribution in [3.05, 3.63) is 29.8 Å². The van der Waals surface area contributed by atoms with Gasteiger partial charge in [-0.3, -0.25) is 0 Å². The third-order valence-electron chi connectivity index (χ3n) is 4.96. The van der Waals surface area contributed by atoms with Crippen molar-refractivity contribution in [1.29, 1.82) is 5.26 Å². The van der Waals surface area contributed by atoms with Crippen LogP contribution in [0.15, 0.2) is 24.3 Å². The lowest BCUT2D eigenvalue weighted by Crippen LogP contribution is -2.55. The lowest BCUT2D eigenvalue weighted by molar-refractivity contribution is -0.00967. The minimum atomic E-state index is -3.54. The molecule has 142 valence electrons. The number of nitrogens with zero attached hydrogens (tertiary/aromatic N) is 2. The van der Waals surface area contributed by atoms with Crippen LogP contribution >= 0.6 is 0 Å². The second kappa shape index (κ2) is 8.35. The molecule has 2 atom stereocenters. The second-order valence-electron chi connectivity index (χ2n) is 6.97. The molecule has 8 heteroatoms. The smallest absolute Gasteiger partial charge is 0.279 e. The average molecular weight is 379 g/mol. The van der Waals surface area contributed by atoms with Crippen molar-refractivity contribution in [1.82, 2.24) is 9.03 Å². The molecule has 2 fully saturated rings. The number of rotatable bonds is 5. The highest BCUT2D eigenvalue weighted by Crippen LogP contribution is 2.21. The van der Waals surface area contributed by atoms with Crippen LogP contribution in [0.2, 0.25) is 0 Å². The Morgan fingerprint density at radius 3 is 2.58 bits per heavy atom. The summed E-state index contributed by atoms with van der Waals surface area (Å²) in [6, 6.07) is 8.49. The lowest BCUT2D eigenvalue weighted by atomic mass is 10.0. The Morgan fingerprint density at radius 2 is 1.92 bits per heavy atom. The van der Waals surface area contributed by atoms with Gasteiger partial charge < -0.3 is 9.47 Å². The zero-order valence-electron chi connectivity index (χ0n) is 14.9. The van der Waals surface area contributed by atoms with Crippen molar-refractivity contribution < 1.29 is 17.9 Å². The van der Waals surface area contributed by atoms with E-state index in [4.69, 9.17) is 14.7 Å². The molecule has 0 aromatic heterocycles. The van der Waals surface area contributed by atoms with E-state index in [1.165, 1.54) is 4.31 Å². The van der Waals surface area contributed by atoms with Crippen molar-refractivity contribution in [3.63, 3.8) is 0 Å². The van der Waals surface area contributed by atoms with Crippen LogP contribution in [0.3, 0.4) is 0 Å². The highest BCUT2D eigenvalue weighted by atomic mass is 32.2. The average Bonchev–Trinajstić information content (AvgIpc) is 2.64. The Labute approximate surface area is 155 Å². The maximum atomic E-state index is 12.7. The van der Waals surface area contributed by atoms with Crippen LogP contribution in [0.5, 0.6) is 5.75 Å². The van der Waals surface area contributed by atoms with E-state index in [1.807, 2.05) is 0 Å². The van der Waals surface area contributed by atoms with E-state index >= 15 is 0 Å². The first-order chi connectivity index (χ1) is 12.5. The fourth-order valence-corrected chi connectivity index (χ4v) is 4.73. The number of hydrogen-bond acceptors (Lipinski definition) is 5. The standard InChI is InChI=1S/C18H25N3O4S/c1-14-6-9-21(10-7-14)26(22,23)20-17-8-11-24-13-18(17)25-16-4-2-15(12-19)3-5-16/h2-5,14,17-18,20H,6-11,13H2,1H3/t17-,18-/m1/s1. The molecule has 0 amide bonds. The van der Waals surface area contributed by atoms with Gasteiger partial charge in [-0.15, -0.1) is 0 Å². The minimum absolute atomic E-state index is 0.324. The molecule has 0 radical (unpaired) electrons. The molecule has 1 aromatic rings. The fraction of sp³-hybridized carbons (Fsp3) is 0.611. The van der Waals surface area contributed by atoms with Crippen LogP contribution in [-0.4, -0.2) is 51.2 Å². The molecule has 2 aliphatic rings. The molecular weight excluding hydrogens is 354 g/mol. The van der Waals surface area contributed by atoms with Crippen LogP contribution in [0, 0.1) is 17.2 Å². The molecule has 1 aromatic carbocycles. The number of piperidine rings is 1. The first kappa shape index (κ1) is 19.1. The molecule has 2 aliphatic heterocycles. The zero-order chi connectivity index (χ0) is 18.6. The van der Waals surface area contributed by atoms with Crippen LogP contribution in [0.25, 0.3) is 0 Å². The third-order valence-corrected chi connectivity index (χ3v) is 6.60. The van der Waals surface area contributed by atoms with Gasteiger partial charge in [0, 0.05) is 19.7 Å². The molecule has 3 rings (SSSR count). The molecule has 2 saturated heterocycles. The number of hydrogen-bond donors (Lipinski definition) is 1. The molecule has 26 heavy (non-hydrogen) atoms. The summed E-state index contributed by atoms with van der Waals surface area (Å²) in [6.07, 6.45) is 1.93. The summed E-state index contributed by atoms with van der Waals surface area (Å²) in [5.41, 5.74) is 0.550. The van der Waals surface area contributed by atoms with E-state index < -0.39 is 16.3 Å². The molecule has 0 bridgehead atoms. The van der Waals surface area contributed by atoms with E-state index in [0.717, 1.165) is 12.8 Å². The molecule has 1 N–H and O–H groups in total. The molecular formula is C18H25N3O4S. The summed E-state index contributed by atoms with van der Waals surface area (Å²) < 4.78 is 41.2. The predicted molar refractivity (Wildman–Crippen MR) is 96.8 cm³/mol. The van der Waals surface area contributed by atoms with Crippen LogP contribution in [0.1, 0.15) is 31.7 Å². The van der Waals surface area contributed by atoms with Crippen molar-refractivity contribution in [2.75, 3.05) is 26.3 Å². The SMILES string of the molecule is CC1CCN(S(=O)(=O)N[C@@H]2CCOC[C@H]2Oc2ccc(C#N)cc2)CC1. The Hall–Kier alpha value is -1.66. The molecule has 7 nitrogen and oxygen atoms in total. The van der Waals surface area contributed by atoms with Gasteiger partial charge in [-0.05, 0) is 49.4 Å². The Morgan fingerprint density at radius 1 is 1.23 bits per heavy atom. The molecule has 0 aliphatic carbocycles. The van der Waals surface area contributed by atoms with Crippen molar-refractivity contribution in [2.45, 2.75) is 38.3 Å². The van der Waals surface area contributed by atoms with E-state index in [2.05, 4.69) is 17.7 Å². The summed E-state index contributed by atoms with van der Waals surface area (Å²) in [4.78, 5) is 0. The minimum Gasteiger partial charge on any atom is -0.486 e. The third kappa shape index (κ3) is 4.74. The summed E-state index contributed by atoms with van der Waals surface area (Å²) in [5, 5.41) is 8.87. The van der Waals surface area contributed by atoms with Gasteiger partial charge in [0.05, 0.1) is 24.3 Å². The Kier molecular flexibility index (Phi) is 6.14. The number of benzene rings is 1. The van der Waals surface area contributed by atoms with Gasteiger partial charge in [0.1, 0.15) is 11.9 Å². The van der Waals surface area contributed by atoms with Crippen LogP contribution in [0.4, 0.5) is 0 Å². The van der Waals surface area contributed by atoms with Crippen LogP contribution in [-0.2, 0) is 14.9 Å². The highest BCUT2D eigenvalue weighted by molar-refractivity contribution is 7.87. The predicted octanol–water partition coefficient (Wildman–Crippen LogP) is 1.66. The largest absolute Gasteiger partial charge is 0.486 e. The van der Waals surface area contributed by atoms with Gasteiger partial charge >= 0.3 is 0 Å². The highest BCUT2D eigenvalue weighted by Gasteiger charge is 2.34. The summed E-state index contributed by atoms with van der Waals surface area (Å²) in [7, 11) is -3.54. The molecule has 0 spiro atoms. The van der Waals surface area contributed by atoms with E-state index in [0.29, 0.717) is 50.0 Å². The van der Waals surface area contributed by atoms with Crippen molar-refractivity contribution >= 4 is 10.2 Å². The van der Waals surface area contributed by atoms with Gasteiger partial charge in [0.25, 0.3) is 10.2 Å². The number of ether oxygens (including phenoxy) is 2. The monoisotopic (exact) mass is 379 g/mol. The Balaban J connectivity index is 1.65. The summed E-state index contributed by atoms with van der Waals surface area (Å²) in [6.45, 7) is 4.08. The van der Waals surface area contributed by atoms with E-state index in [-0.39, 0.29) is 6.04 Å². The maximum absolute atomic E-state index is 12.7. The Bertz CT molecular complexity index is 737. The summed E-state index contributed by atoms with van der Waals surface area (Å²) in [5.74, 6) is 1.16. The first-order valence-corrected chi connectivity index (χ1v) is 10.4. The van der Waals surface area contributed by atoms with Crippen molar-refractivity contribution in [2.24, 2.45) is 5.92 Å².